The summed E-state index contributed by atoms with van der Waals surface area (Å²) in [5.41, 5.74) is 3.18. The molecule has 0 unspecified atom stereocenters. The maximum Gasteiger partial charge on any atom is 0.229 e. The number of hydrogen-bond donors (Lipinski definition) is 1. The smallest absolute Gasteiger partial charge is 0.229 e. The third-order valence-electron chi connectivity index (χ3n) is 6.84. The van der Waals surface area contributed by atoms with Crippen molar-refractivity contribution in [2.24, 2.45) is 5.18 Å². The fourth-order valence-corrected chi connectivity index (χ4v) is 4.92. The van der Waals surface area contributed by atoms with E-state index in [1.165, 1.54) is 37.7 Å². The fraction of sp³-hybridized carbons (Fsp3) is 0.542. The summed E-state index contributed by atoms with van der Waals surface area (Å²) in [6.07, 6.45) is 9.94. The van der Waals surface area contributed by atoms with Crippen LogP contribution in [0.2, 0.25) is 0 Å². The number of anilines is 2. The van der Waals surface area contributed by atoms with Gasteiger partial charge in [-0.15, -0.1) is 0 Å². The van der Waals surface area contributed by atoms with Gasteiger partial charge in [0.2, 0.25) is 5.95 Å². The average molecular weight is 449 g/mol. The lowest BCUT2D eigenvalue weighted by Crippen LogP contribution is -2.46. The molecule has 5 rings (SSSR count). The molecule has 0 radical (unpaired) electrons. The Balaban J connectivity index is 1.19. The van der Waals surface area contributed by atoms with Crippen LogP contribution >= 0.6 is 0 Å². The molecule has 2 aliphatic rings. The number of benzene rings is 1. The van der Waals surface area contributed by atoms with Crippen LogP contribution in [0, 0.1) is 4.91 Å². The molecule has 33 heavy (non-hydrogen) atoms. The molecule has 0 amide bonds. The summed E-state index contributed by atoms with van der Waals surface area (Å²) in [7, 11) is 0. The van der Waals surface area contributed by atoms with Crippen molar-refractivity contribution in [2.45, 2.75) is 44.7 Å². The van der Waals surface area contributed by atoms with Gasteiger partial charge in [0.15, 0.2) is 5.65 Å². The molecule has 0 atom stereocenters. The van der Waals surface area contributed by atoms with Crippen LogP contribution in [0.25, 0.3) is 11.0 Å². The Kier molecular flexibility index (Phi) is 6.87. The highest BCUT2D eigenvalue weighted by atomic mass is 16.3. The molecule has 1 aliphatic carbocycles. The number of fused-ring (bicyclic) bond motifs is 1. The van der Waals surface area contributed by atoms with Gasteiger partial charge in [-0.1, -0.05) is 36.6 Å². The first-order valence-electron chi connectivity index (χ1n) is 12.1. The Labute approximate surface area is 194 Å². The predicted molar refractivity (Wildman–Crippen MR) is 130 cm³/mol. The largest absolute Gasteiger partial charge is 0.324 e. The molecule has 1 saturated carbocycles. The third kappa shape index (κ3) is 5.36. The monoisotopic (exact) mass is 448 g/mol. The molecular formula is C24H32N8O. The highest BCUT2D eigenvalue weighted by Crippen LogP contribution is 2.30. The van der Waals surface area contributed by atoms with Crippen molar-refractivity contribution in [3.05, 3.63) is 47.1 Å². The van der Waals surface area contributed by atoms with Gasteiger partial charge in [0.05, 0.1) is 24.2 Å². The lowest BCUT2D eigenvalue weighted by atomic mass is 9.96. The van der Waals surface area contributed by atoms with Gasteiger partial charge < -0.3 is 5.32 Å². The van der Waals surface area contributed by atoms with E-state index in [1.54, 1.807) is 0 Å². The van der Waals surface area contributed by atoms with E-state index >= 15 is 0 Å². The van der Waals surface area contributed by atoms with E-state index in [0.717, 1.165) is 56.0 Å². The minimum absolute atomic E-state index is 0.383. The summed E-state index contributed by atoms with van der Waals surface area (Å²) >= 11 is 0. The van der Waals surface area contributed by atoms with Crippen LogP contribution < -0.4 is 5.32 Å². The lowest BCUT2D eigenvalue weighted by Gasteiger charge is -2.34. The van der Waals surface area contributed by atoms with E-state index in [9.17, 15) is 4.91 Å². The molecule has 1 N–H and O–H groups in total. The zero-order valence-corrected chi connectivity index (χ0v) is 19.1. The quantitative estimate of drug-likeness (QED) is 0.522. The molecule has 0 bridgehead atoms. The Morgan fingerprint density at radius 2 is 1.73 bits per heavy atom. The fourth-order valence-electron chi connectivity index (χ4n) is 4.92. The second-order valence-electron chi connectivity index (χ2n) is 9.15. The van der Waals surface area contributed by atoms with Crippen LogP contribution in [-0.4, -0.2) is 68.8 Å². The summed E-state index contributed by atoms with van der Waals surface area (Å²) in [5.74, 6) is 0.605. The summed E-state index contributed by atoms with van der Waals surface area (Å²) in [4.78, 5) is 24.4. The maximum atomic E-state index is 10.3. The Morgan fingerprint density at radius 3 is 2.48 bits per heavy atom. The van der Waals surface area contributed by atoms with E-state index in [-0.39, 0.29) is 0 Å². The highest BCUT2D eigenvalue weighted by Gasteiger charge is 2.19. The molecule has 9 heteroatoms. The summed E-state index contributed by atoms with van der Waals surface area (Å²) in [6, 6.07) is 8.95. The van der Waals surface area contributed by atoms with Crippen molar-refractivity contribution in [2.75, 3.05) is 44.6 Å². The summed E-state index contributed by atoms with van der Waals surface area (Å²) in [5, 5.41) is 11.9. The van der Waals surface area contributed by atoms with Crippen molar-refractivity contribution in [3.8, 4) is 0 Å². The average Bonchev–Trinajstić information content (AvgIpc) is 3.29. The van der Waals surface area contributed by atoms with Gasteiger partial charge >= 0.3 is 0 Å². The van der Waals surface area contributed by atoms with Crippen LogP contribution in [-0.2, 0) is 6.54 Å². The van der Waals surface area contributed by atoms with Crippen molar-refractivity contribution in [3.63, 3.8) is 0 Å². The normalized spacial score (nSPS) is 18.5. The van der Waals surface area contributed by atoms with Crippen LogP contribution in [0.3, 0.4) is 0 Å². The maximum absolute atomic E-state index is 10.3. The predicted octanol–water partition coefficient (Wildman–Crippen LogP) is 3.96. The van der Waals surface area contributed by atoms with Crippen molar-refractivity contribution in [1.29, 1.82) is 0 Å². The molecule has 3 aromatic rings. The van der Waals surface area contributed by atoms with Gasteiger partial charge in [0, 0.05) is 51.2 Å². The highest BCUT2D eigenvalue weighted by molar-refractivity contribution is 5.75. The summed E-state index contributed by atoms with van der Waals surface area (Å²) < 4.78 is 2.10. The van der Waals surface area contributed by atoms with E-state index in [1.807, 2.05) is 12.4 Å². The molecule has 174 valence electrons. The number of rotatable bonds is 8. The molecule has 9 nitrogen and oxygen atoms in total. The van der Waals surface area contributed by atoms with E-state index < -0.39 is 0 Å². The van der Waals surface area contributed by atoms with E-state index in [4.69, 9.17) is 4.98 Å². The molecule has 3 heterocycles. The van der Waals surface area contributed by atoms with Gasteiger partial charge in [0.25, 0.3) is 0 Å². The van der Waals surface area contributed by atoms with E-state index in [2.05, 4.69) is 59.3 Å². The minimum atomic E-state index is 0.383. The number of aromatic nitrogens is 4. The number of hydrogen-bond acceptors (Lipinski definition) is 8. The first-order chi connectivity index (χ1) is 16.3. The Morgan fingerprint density at radius 1 is 0.970 bits per heavy atom. The lowest BCUT2D eigenvalue weighted by molar-refractivity contribution is 0.130. The van der Waals surface area contributed by atoms with Crippen LogP contribution in [0.5, 0.6) is 0 Å². The zero-order valence-electron chi connectivity index (χ0n) is 19.1. The van der Waals surface area contributed by atoms with Gasteiger partial charge in [-0.3, -0.25) is 9.80 Å². The van der Waals surface area contributed by atoms with Crippen molar-refractivity contribution < 1.29 is 0 Å². The molecule has 1 aromatic carbocycles. The van der Waals surface area contributed by atoms with E-state index in [0.29, 0.717) is 18.5 Å². The molecule has 2 fully saturated rings. The van der Waals surface area contributed by atoms with Crippen LogP contribution in [0.15, 0.2) is 41.8 Å². The van der Waals surface area contributed by atoms with Gasteiger partial charge in [0.1, 0.15) is 0 Å². The number of nitrogens with one attached hydrogen (secondary N) is 1. The molecule has 1 saturated heterocycles. The minimum Gasteiger partial charge on any atom is -0.324 e. The third-order valence-corrected chi connectivity index (χ3v) is 6.84. The zero-order chi connectivity index (χ0) is 22.5. The first kappa shape index (κ1) is 21.9. The number of piperazine rings is 1. The summed E-state index contributed by atoms with van der Waals surface area (Å²) in [6.45, 7) is 6.10. The second kappa shape index (κ2) is 10.4. The molecular weight excluding hydrogens is 416 g/mol. The van der Waals surface area contributed by atoms with Gasteiger partial charge in [-0.05, 0) is 30.5 Å². The van der Waals surface area contributed by atoms with Crippen molar-refractivity contribution >= 4 is 22.7 Å². The van der Waals surface area contributed by atoms with Crippen LogP contribution in [0.4, 0.5) is 11.6 Å². The SMILES string of the molecule is O=NCCN1CCN(Cc2ccc(Nc3ncc4cnn(C5CCCCC5)c4n3)cc2)CC1. The Bertz CT molecular complexity index is 1050. The second-order valence-corrected chi connectivity index (χ2v) is 9.15. The first-order valence-corrected chi connectivity index (χ1v) is 12.1. The van der Waals surface area contributed by atoms with Gasteiger partial charge in [-0.2, -0.15) is 15.0 Å². The van der Waals surface area contributed by atoms with Crippen molar-refractivity contribution in [1.82, 2.24) is 29.5 Å². The molecule has 1 aliphatic heterocycles. The number of nitrogens with zero attached hydrogens (tertiary/aromatic N) is 7. The standard InChI is InChI=1S/C24H32N8O/c33-27-10-11-30-12-14-31(15-13-30)18-19-6-8-21(9-7-19)28-24-25-16-20-17-26-32(23(20)29-24)22-4-2-1-3-5-22/h6-9,16-17,22H,1-5,10-15,18H2,(H,25,28,29). The topological polar surface area (TPSA) is 91.5 Å². The molecule has 0 spiro atoms. The van der Waals surface area contributed by atoms with Gasteiger partial charge in [-0.25, -0.2) is 9.67 Å². The number of nitroso groups, excluding NO2 is 1. The molecule has 2 aromatic heterocycles. The Hall–Kier alpha value is -2.91. The van der Waals surface area contributed by atoms with Crippen LogP contribution in [0.1, 0.15) is 43.7 Å².